The van der Waals surface area contributed by atoms with Crippen LogP contribution in [0.2, 0.25) is 0 Å². The van der Waals surface area contributed by atoms with Crippen LogP contribution in [0.3, 0.4) is 0 Å². The minimum absolute atomic E-state index is 0. The second-order valence-corrected chi connectivity index (χ2v) is 14.4. The van der Waals surface area contributed by atoms with E-state index in [1.807, 2.05) is 20.8 Å². The third kappa shape index (κ3) is 62.0. The standard InChI is InChI=1S/C10H22N4O3.C10H17N3O3.C8H16N2O4.C6H14O2.C5H12O2.C4H10.2CH4/c1-2-7(15)6-14-8(9(16)17)4-3-5-13-10(11)12;1-2-8(14)5-12-9(10(15)16)3-7-4-11-6-13-7;1-2-5(11)4-10-6(8(13)14)3-7(9)12;1-3-4-8-6-5-7-2;1-2-4-7-5-3-6;1-3-4-2;;/h7-8,14-15H,2-6H2,1H3,(H,16,17)(H4,11,12,13);4,6,8-9,12,14H,2-3,5H2,1H3,(H,11,13)(H,15,16);5-6,10-11H,2-4H2,1H3,(H2,9,12)(H,13,14);3-6H2,1-2H3;6H,2-5H2,1H3;3-4H2,1-2H3;2*1H4. The van der Waals surface area contributed by atoms with Gasteiger partial charge in [-0.1, -0.05) is 76.2 Å². The van der Waals surface area contributed by atoms with E-state index in [4.69, 9.17) is 56.9 Å². The molecule has 0 radical (unpaired) electrons. The zero-order chi connectivity index (χ0) is 51.6. The summed E-state index contributed by atoms with van der Waals surface area (Å²) in [5.41, 5.74) is 15.9. The van der Waals surface area contributed by atoms with Crippen molar-refractivity contribution in [1.82, 2.24) is 25.9 Å². The highest BCUT2D eigenvalue weighted by molar-refractivity contribution is 5.83. The van der Waals surface area contributed by atoms with Gasteiger partial charge in [0.25, 0.3) is 0 Å². The summed E-state index contributed by atoms with van der Waals surface area (Å²) in [7, 11) is 1.68. The summed E-state index contributed by atoms with van der Waals surface area (Å²) in [6.07, 6.45) is 8.98. The molecule has 17 N–H and O–H groups in total. The fraction of sp³-hybridized carbons (Fsp3) is 0.822. The van der Waals surface area contributed by atoms with Crippen LogP contribution >= 0.6 is 0 Å². The lowest BCUT2D eigenvalue weighted by molar-refractivity contribution is -0.141. The van der Waals surface area contributed by atoms with Crippen LogP contribution in [0.5, 0.6) is 0 Å². The van der Waals surface area contributed by atoms with Crippen molar-refractivity contribution in [3.8, 4) is 0 Å². The minimum Gasteiger partial charge on any atom is -0.480 e. The fourth-order valence-electron chi connectivity index (χ4n) is 4.09. The Bertz CT molecular complexity index is 1240. The van der Waals surface area contributed by atoms with E-state index in [9.17, 15) is 29.4 Å². The molecule has 1 rings (SSSR count). The Hall–Kier alpha value is -4.04. The molecular formula is C45H99N9O14. The van der Waals surface area contributed by atoms with Gasteiger partial charge in [-0.15, -0.1) is 0 Å². The van der Waals surface area contributed by atoms with Crippen LogP contribution in [0.4, 0.5) is 0 Å². The monoisotopic (exact) mass is 990 g/mol. The first-order valence-electron chi connectivity index (χ1n) is 22.8. The predicted octanol–water partition coefficient (Wildman–Crippen LogP) is 1.84. The molecule has 0 aliphatic heterocycles. The van der Waals surface area contributed by atoms with Crippen LogP contribution in [-0.2, 0) is 39.8 Å². The molecule has 0 bridgehead atoms. The third-order valence-electron chi connectivity index (χ3n) is 8.30. The first-order valence-corrected chi connectivity index (χ1v) is 22.8. The molecule has 6 unspecified atom stereocenters. The second kappa shape index (κ2) is 59.1. The number of hydrogen-bond donors (Lipinski definition) is 14. The van der Waals surface area contributed by atoms with Crippen molar-refractivity contribution in [3.63, 3.8) is 0 Å². The number of nitrogens with one attached hydrogen (secondary N) is 4. The van der Waals surface area contributed by atoms with E-state index in [1.165, 1.54) is 19.2 Å². The summed E-state index contributed by atoms with van der Waals surface area (Å²) in [6.45, 7) is 18.7. The molecule has 23 nitrogen and oxygen atoms in total. The van der Waals surface area contributed by atoms with E-state index >= 15 is 0 Å². The molecule has 1 amide bonds. The molecule has 0 fully saturated rings. The quantitative estimate of drug-likeness (QED) is 0.0271. The number of rotatable bonds is 33. The summed E-state index contributed by atoms with van der Waals surface area (Å²) < 4.78 is 14.7. The van der Waals surface area contributed by atoms with Crippen molar-refractivity contribution in [1.29, 1.82) is 0 Å². The zero-order valence-electron chi connectivity index (χ0n) is 41.1. The number of methoxy groups -OCH3 is 1. The maximum atomic E-state index is 10.9. The summed E-state index contributed by atoms with van der Waals surface area (Å²) in [5.74, 6) is -3.69. The number of carbonyl (C=O) groups excluding carboxylic acids is 1. The number of imidazole rings is 1. The third-order valence-corrected chi connectivity index (χ3v) is 8.30. The lowest BCUT2D eigenvalue weighted by atomic mass is 10.1. The van der Waals surface area contributed by atoms with Crippen molar-refractivity contribution in [2.45, 2.75) is 170 Å². The Morgan fingerprint density at radius 1 is 0.676 bits per heavy atom. The van der Waals surface area contributed by atoms with Crippen LogP contribution in [0, 0.1) is 0 Å². The molecule has 0 aliphatic rings. The van der Waals surface area contributed by atoms with Crippen LogP contribution in [0.1, 0.15) is 133 Å². The lowest BCUT2D eigenvalue weighted by Gasteiger charge is -2.16. The molecule has 0 saturated carbocycles. The number of nitrogens with two attached hydrogens (primary N) is 3. The van der Waals surface area contributed by atoms with Crippen molar-refractivity contribution in [2.75, 3.05) is 72.9 Å². The molecule has 0 spiro atoms. The number of aliphatic hydroxyl groups excluding tert-OH is 4. The van der Waals surface area contributed by atoms with E-state index in [0.29, 0.717) is 58.3 Å². The van der Waals surface area contributed by atoms with Gasteiger partial charge < -0.3 is 88.1 Å². The number of aliphatic hydroxyl groups is 4. The topological polar surface area (TPSA) is 393 Å². The number of carbonyl (C=O) groups is 4. The highest BCUT2D eigenvalue weighted by Gasteiger charge is 2.21. The maximum absolute atomic E-state index is 10.9. The van der Waals surface area contributed by atoms with Gasteiger partial charge in [-0.25, -0.2) is 4.98 Å². The van der Waals surface area contributed by atoms with Gasteiger partial charge in [-0.05, 0) is 44.9 Å². The minimum atomic E-state index is -1.15. The van der Waals surface area contributed by atoms with E-state index < -0.39 is 60.3 Å². The number of nitrogens with zero attached hydrogens (tertiary/aromatic N) is 2. The lowest BCUT2D eigenvalue weighted by Crippen LogP contribution is -2.43. The number of amides is 1. The van der Waals surface area contributed by atoms with E-state index in [1.54, 1.807) is 20.2 Å². The summed E-state index contributed by atoms with van der Waals surface area (Å²) in [4.78, 5) is 53.4. The molecule has 68 heavy (non-hydrogen) atoms. The van der Waals surface area contributed by atoms with Gasteiger partial charge >= 0.3 is 17.9 Å². The molecule has 1 aromatic rings. The Morgan fingerprint density at radius 2 is 1.12 bits per heavy atom. The molecule has 6 atom stereocenters. The number of aliphatic imine (C=N–C) groups is 1. The summed E-state index contributed by atoms with van der Waals surface area (Å²) in [5, 5.41) is 70.7. The van der Waals surface area contributed by atoms with Gasteiger partial charge in [0, 0.05) is 64.8 Å². The number of H-pyrrole nitrogens is 1. The average molecular weight is 990 g/mol. The Kier molecular flexibility index (Phi) is 67.9. The molecule has 0 aromatic carbocycles. The Morgan fingerprint density at radius 3 is 1.46 bits per heavy atom. The number of hydrogen-bond acceptors (Lipinski definition) is 16. The van der Waals surface area contributed by atoms with Gasteiger partial charge in [0.05, 0.1) is 57.5 Å². The number of guanidine groups is 1. The molecule has 1 heterocycles. The first-order chi connectivity index (χ1) is 31.3. The van der Waals surface area contributed by atoms with E-state index in [0.717, 1.165) is 38.4 Å². The van der Waals surface area contributed by atoms with Crippen LogP contribution in [-0.4, -0.2) is 185 Å². The predicted molar refractivity (Wildman–Crippen MR) is 268 cm³/mol. The maximum Gasteiger partial charge on any atom is 0.321 e. The molecule has 0 saturated heterocycles. The number of aliphatic carboxylic acids is 3. The van der Waals surface area contributed by atoms with Gasteiger partial charge in [-0.3, -0.25) is 24.2 Å². The van der Waals surface area contributed by atoms with Gasteiger partial charge in [0.2, 0.25) is 5.91 Å². The number of aromatic amines is 1. The van der Waals surface area contributed by atoms with Gasteiger partial charge in [0.15, 0.2) is 5.96 Å². The second-order valence-electron chi connectivity index (χ2n) is 14.4. The fourth-order valence-corrected chi connectivity index (χ4v) is 4.09. The van der Waals surface area contributed by atoms with Crippen LogP contribution in [0.15, 0.2) is 17.5 Å². The van der Waals surface area contributed by atoms with Gasteiger partial charge in [-0.2, -0.15) is 0 Å². The molecular weight excluding hydrogens is 891 g/mol. The molecule has 0 aliphatic carbocycles. The van der Waals surface area contributed by atoms with E-state index in [2.05, 4.69) is 51.7 Å². The number of unbranched alkanes of at least 4 members (excludes halogenated alkanes) is 1. The van der Waals surface area contributed by atoms with Crippen LogP contribution in [0.25, 0.3) is 0 Å². The number of primary amides is 1. The first kappa shape index (κ1) is 78.1. The number of carboxylic acid groups (broad SMARTS) is 3. The zero-order valence-corrected chi connectivity index (χ0v) is 41.1. The number of ether oxygens (including phenoxy) is 3. The van der Waals surface area contributed by atoms with Crippen LogP contribution < -0.4 is 33.2 Å². The van der Waals surface area contributed by atoms with Gasteiger partial charge in [0.1, 0.15) is 18.1 Å². The highest BCUT2D eigenvalue weighted by Crippen LogP contribution is 2.01. The Balaban J connectivity index is -0.000000137. The van der Waals surface area contributed by atoms with Crippen molar-refractivity contribution < 1.29 is 69.1 Å². The molecule has 23 heteroatoms. The molecule has 408 valence electrons. The number of aromatic nitrogens is 2. The Labute approximate surface area is 407 Å². The highest BCUT2D eigenvalue weighted by atomic mass is 16.5. The summed E-state index contributed by atoms with van der Waals surface area (Å²) in [6, 6.07) is -2.40. The summed E-state index contributed by atoms with van der Waals surface area (Å²) >= 11 is 0. The SMILES string of the molecule is C.C.CCC(O)CNC(CC(N)=O)C(=O)O.CCC(O)CNC(CCCN=C(N)N)C(=O)O.CCC(O)CNC(Cc1cnc[nH]1)C(=O)O.CCCC.CCCOCCO.CCCOCCOC. The largest absolute Gasteiger partial charge is 0.480 e. The van der Waals surface area contributed by atoms with Crippen molar-refractivity contribution in [3.05, 3.63) is 18.2 Å². The van der Waals surface area contributed by atoms with Crippen molar-refractivity contribution >= 4 is 29.8 Å². The smallest absolute Gasteiger partial charge is 0.321 e. The van der Waals surface area contributed by atoms with E-state index in [-0.39, 0.29) is 53.5 Å². The normalized spacial score (nSPS) is 12.5. The number of carboxylic acids is 3. The molecule has 1 aromatic heterocycles. The van der Waals surface area contributed by atoms with Crippen molar-refractivity contribution in [2.24, 2.45) is 22.2 Å². The average Bonchev–Trinajstić information content (AvgIpc) is 3.81.